The first-order valence-electron chi connectivity index (χ1n) is 15.9. The second-order valence-corrected chi connectivity index (χ2v) is 12.4. The van der Waals surface area contributed by atoms with E-state index >= 15 is 0 Å². The van der Waals surface area contributed by atoms with E-state index < -0.39 is 0 Å². The minimum atomic E-state index is 0.0312. The highest BCUT2D eigenvalue weighted by Crippen LogP contribution is 2.24. The van der Waals surface area contributed by atoms with Gasteiger partial charge in [-0.3, -0.25) is 0 Å². The van der Waals surface area contributed by atoms with Gasteiger partial charge in [0.15, 0.2) is 5.84 Å². The zero-order valence-electron chi connectivity index (χ0n) is 27.1. The largest absolute Gasteiger partial charge is 0.338 e. The van der Waals surface area contributed by atoms with Crippen LogP contribution < -0.4 is 21.4 Å². The molecule has 7 rings (SSSR count). The zero-order chi connectivity index (χ0) is 31.8. The SMILES string of the molecule is Cc1cc(C)c(B(c2cccc(N3CN(C)C(c4ccccc4)=N3)c2)c2cccc(-n3cc(-c4ccccc4)c(C)n3)c2)c(C)c1. The van der Waals surface area contributed by atoms with Crippen molar-refractivity contribution in [2.75, 3.05) is 18.7 Å². The van der Waals surface area contributed by atoms with Gasteiger partial charge in [-0.1, -0.05) is 130 Å². The summed E-state index contributed by atoms with van der Waals surface area (Å²) in [6.07, 6.45) is 2.15. The Morgan fingerprint density at radius 3 is 1.87 bits per heavy atom. The molecule has 0 spiro atoms. The summed E-state index contributed by atoms with van der Waals surface area (Å²) in [5.41, 5.74) is 14.2. The molecule has 0 aliphatic carbocycles. The summed E-state index contributed by atoms with van der Waals surface area (Å²) in [6.45, 7) is 9.46. The predicted octanol–water partition coefficient (Wildman–Crippen LogP) is 6.36. The number of benzene rings is 5. The van der Waals surface area contributed by atoms with Crippen molar-refractivity contribution < 1.29 is 0 Å². The van der Waals surface area contributed by atoms with E-state index in [1.807, 2.05) is 16.8 Å². The van der Waals surface area contributed by atoms with Crippen LogP contribution in [0.25, 0.3) is 16.8 Å². The first-order chi connectivity index (χ1) is 22.4. The second-order valence-electron chi connectivity index (χ2n) is 12.4. The van der Waals surface area contributed by atoms with Crippen molar-refractivity contribution in [3.8, 4) is 16.8 Å². The molecule has 2 heterocycles. The monoisotopic (exact) mass is 599 g/mol. The third-order valence-electron chi connectivity index (χ3n) is 8.94. The molecule has 0 amide bonds. The summed E-state index contributed by atoms with van der Waals surface area (Å²) >= 11 is 0. The number of aryl methyl sites for hydroxylation is 4. The highest BCUT2D eigenvalue weighted by Gasteiger charge is 2.28. The fraction of sp³-hybridized carbons (Fsp3) is 0.150. The van der Waals surface area contributed by atoms with Crippen LogP contribution in [0.15, 0.2) is 133 Å². The molecule has 5 nitrogen and oxygen atoms in total. The van der Waals surface area contributed by atoms with Gasteiger partial charge in [-0.15, -0.1) is 0 Å². The van der Waals surface area contributed by atoms with Crippen molar-refractivity contribution in [1.82, 2.24) is 14.7 Å². The van der Waals surface area contributed by atoms with E-state index in [1.54, 1.807) is 0 Å². The fourth-order valence-corrected chi connectivity index (χ4v) is 6.87. The molecule has 46 heavy (non-hydrogen) atoms. The van der Waals surface area contributed by atoms with Gasteiger partial charge in [-0.05, 0) is 57.5 Å². The van der Waals surface area contributed by atoms with Crippen LogP contribution in [0.1, 0.15) is 27.9 Å². The van der Waals surface area contributed by atoms with Gasteiger partial charge in [0.05, 0.1) is 17.1 Å². The molecule has 0 N–H and O–H groups in total. The minimum absolute atomic E-state index is 0.0312. The van der Waals surface area contributed by atoms with Gasteiger partial charge in [0.25, 0.3) is 0 Å². The van der Waals surface area contributed by atoms with E-state index in [0.717, 1.165) is 34.0 Å². The van der Waals surface area contributed by atoms with Gasteiger partial charge < -0.3 is 4.90 Å². The molecule has 1 aliphatic heterocycles. The average molecular weight is 600 g/mol. The third kappa shape index (κ3) is 5.63. The molecule has 1 aliphatic rings. The van der Waals surface area contributed by atoms with Crippen LogP contribution in [-0.4, -0.2) is 40.9 Å². The smallest absolute Gasteiger partial charge is 0.242 e. The molecule has 0 bridgehead atoms. The number of amidine groups is 1. The quantitative estimate of drug-likeness (QED) is 0.201. The van der Waals surface area contributed by atoms with Crippen molar-refractivity contribution in [2.24, 2.45) is 5.10 Å². The number of anilines is 1. The van der Waals surface area contributed by atoms with Crippen molar-refractivity contribution in [3.63, 3.8) is 0 Å². The Balaban J connectivity index is 1.32. The molecule has 0 radical (unpaired) electrons. The number of hydrazone groups is 1. The maximum absolute atomic E-state index is 5.06. The average Bonchev–Trinajstić information content (AvgIpc) is 3.66. The van der Waals surface area contributed by atoms with Crippen molar-refractivity contribution in [3.05, 3.63) is 155 Å². The maximum Gasteiger partial charge on any atom is 0.242 e. The Morgan fingerprint density at radius 1 is 0.630 bits per heavy atom. The number of rotatable bonds is 7. The van der Waals surface area contributed by atoms with Crippen LogP contribution in [0.5, 0.6) is 0 Å². The summed E-state index contributed by atoms with van der Waals surface area (Å²) in [7, 11) is 2.10. The molecule has 0 atom stereocenters. The Bertz CT molecular complexity index is 2020. The number of hydrogen-bond acceptors (Lipinski definition) is 4. The number of aromatic nitrogens is 2. The lowest BCUT2D eigenvalue weighted by Crippen LogP contribution is -2.54. The normalized spacial score (nSPS) is 12.8. The molecule has 6 heteroatoms. The van der Waals surface area contributed by atoms with Crippen LogP contribution in [0.3, 0.4) is 0 Å². The second kappa shape index (κ2) is 12.2. The molecule has 0 unspecified atom stereocenters. The molecule has 1 aromatic heterocycles. The van der Waals surface area contributed by atoms with E-state index in [4.69, 9.17) is 10.2 Å². The van der Waals surface area contributed by atoms with Gasteiger partial charge in [-0.2, -0.15) is 10.2 Å². The Labute approximate surface area is 272 Å². The molecule has 5 aromatic carbocycles. The summed E-state index contributed by atoms with van der Waals surface area (Å²) in [5.74, 6) is 0.977. The highest BCUT2D eigenvalue weighted by molar-refractivity contribution is 6.96. The molecular weight excluding hydrogens is 561 g/mol. The first kappa shape index (κ1) is 29.4. The van der Waals surface area contributed by atoms with E-state index in [2.05, 4.69) is 160 Å². The standard InChI is InChI=1S/C40H38BN5/c1-28-22-29(2)39(30(3)23-28)41(34-18-12-20-36(24-34)45-26-38(31(4)42-45)32-14-8-6-9-15-32)35-19-13-21-37(25-35)46-27-44(5)40(43-46)33-16-10-7-11-17-33/h6-26H,27H2,1-5H3. The van der Waals surface area contributed by atoms with Gasteiger partial charge in [0.2, 0.25) is 6.71 Å². The van der Waals surface area contributed by atoms with Crippen molar-refractivity contribution in [2.45, 2.75) is 27.7 Å². The van der Waals surface area contributed by atoms with Crippen LogP contribution >= 0.6 is 0 Å². The number of hydrogen-bond donors (Lipinski definition) is 0. The molecular formula is C40H38BN5. The lowest BCUT2D eigenvalue weighted by molar-refractivity contribution is 0.539. The highest BCUT2D eigenvalue weighted by atomic mass is 15.6. The summed E-state index contributed by atoms with van der Waals surface area (Å²) in [5, 5.41) is 12.1. The Hall–Kier alpha value is -5.36. The molecule has 0 fully saturated rings. The Morgan fingerprint density at radius 2 is 1.22 bits per heavy atom. The van der Waals surface area contributed by atoms with Gasteiger partial charge in [0.1, 0.15) is 6.67 Å². The Kier molecular flexibility index (Phi) is 7.79. The molecule has 226 valence electrons. The zero-order valence-corrected chi connectivity index (χ0v) is 27.1. The summed E-state index contributed by atoms with van der Waals surface area (Å²) in [4.78, 5) is 2.20. The van der Waals surface area contributed by atoms with Crippen molar-refractivity contribution in [1.29, 1.82) is 0 Å². The summed E-state index contributed by atoms with van der Waals surface area (Å²) < 4.78 is 2.02. The van der Waals surface area contributed by atoms with Crippen LogP contribution in [-0.2, 0) is 0 Å². The van der Waals surface area contributed by atoms with Crippen LogP contribution in [0.2, 0.25) is 0 Å². The molecule has 0 saturated carbocycles. The lowest BCUT2D eigenvalue weighted by atomic mass is 9.35. The van der Waals surface area contributed by atoms with Gasteiger partial charge in [0, 0.05) is 24.4 Å². The molecule has 6 aromatic rings. The first-order valence-corrected chi connectivity index (χ1v) is 15.9. The van der Waals surface area contributed by atoms with E-state index in [9.17, 15) is 0 Å². The minimum Gasteiger partial charge on any atom is -0.338 e. The van der Waals surface area contributed by atoms with E-state index in [1.165, 1.54) is 38.6 Å². The summed E-state index contributed by atoms with van der Waals surface area (Å²) in [6, 6.07) is 43.2. The number of nitrogens with zero attached hydrogens (tertiary/aromatic N) is 5. The van der Waals surface area contributed by atoms with E-state index in [0.29, 0.717) is 6.67 Å². The fourth-order valence-electron chi connectivity index (χ4n) is 6.87. The van der Waals surface area contributed by atoms with Crippen LogP contribution in [0, 0.1) is 27.7 Å². The lowest BCUT2D eigenvalue weighted by Gasteiger charge is -2.23. The van der Waals surface area contributed by atoms with Crippen LogP contribution in [0.4, 0.5) is 5.69 Å². The third-order valence-corrected chi connectivity index (χ3v) is 8.94. The molecule has 0 saturated heterocycles. The van der Waals surface area contributed by atoms with Crippen molar-refractivity contribution >= 4 is 34.6 Å². The van der Waals surface area contributed by atoms with E-state index in [-0.39, 0.29) is 6.71 Å². The topological polar surface area (TPSA) is 36.7 Å². The van der Waals surface area contributed by atoms with Gasteiger partial charge in [-0.25, -0.2) is 9.69 Å². The predicted molar refractivity (Wildman–Crippen MR) is 194 cm³/mol. The maximum atomic E-state index is 5.06. The van der Waals surface area contributed by atoms with Gasteiger partial charge >= 0.3 is 0 Å².